The van der Waals surface area contributed by atoms with Gasteiger partial charge in [0, 0.05) is 44.1 Å². The molecular weight excluding hydrogens is 749 g/mol. The average molecular weight is 795 g/mol. The number of benzene rings is 9. The van der Waals surface area contributed by atoms with Crippen LogP contribution < -0.4 is 4.90 Å². The first-order valence-electron chi connectivity index (χ1n) is 21.9. The van der Waals surface area contributed by atoms with Crippen LogP contribution in [0.1, 0.15) is 49.9 Å². The summed E-state index contributed by atoms with van der Waals surface area (Å²) in [6, 6.07) is 76.6. The molecule has 62 heavy (non-hydrogen) atoms. The molecular formula is C60H46N2. The Morgan fingerprint density at radius 2 is 0.887 bits per heavy atom. The molecule has 1 heterocycles. The van der Waals surface area contributed by atoms with Crippen molar-refractivity contribution in [1.82, 2.24) is 4.57 Å². The molecule has 1 aromatic heterocycles. The second kappa shape index (κ2) is 13.5. The summed E-state index contributed by atoms with van der Waals surface area (Å²) in [5.41, 5.74) is 22.3. The zero-order chi connectivity index (χ0) is 41.7. The van der Waals surface area contributed by atoms with Crippen LogP contribution in [0.5, 0.6) is 0 Å². The molecule has 2 aliphatic carbocycles. The van der Waals surface area contributed by atoms with Crippen molar-refractivity contribution in [3.63, 3.8) is 0 Å². The fourth-order valence-electron chi connectivity index (χ4n) is 11.0. The van der Waals surface area contributed by atoms with E-state index in [0.717, 1.165) is 17.1 Å². The van der Waals surface area contributed by atoms with E-state index in [0.29, 0.717) is 0 Å². The van der Waals surface area contributed by atoms with Crippen LogP contribution in [0.2, 0.25) is 0 Å². The molecule has 0 radical (unpaired) electrons. The van der Waals surface area contributed by atoms with Crippen molar-refractivity contribution in [3.8, 4) is 50.2 Å². The van der Waals surface area contributed by atoms with Crippen molar-refractivity contribution >= 4 is 38.9 Å². The molecule has 2 heteroatoms. The summed E-state index contributed by atoms with van der Waals surface area (Å²) in [6.45, 7) is 9.48. The molecule has 0 amide bonds. The number of hydrogen-bond donors (Lipinski definition) is 0. The topological polar surface area (TPSA) is 8.17 Å². The molecule has 10 aromatic rings. The van der Waals surface area contributed by atoms with Gasteiger partial charge in [0.25, 0.3) is 0 Å². The molecule has 296 valence electrons. The highest BCUT2D eigenvalue weighted by molar-refractivity contribution is 6.10. The molecule has 9 aromatic carbocycles. The first-order chi connectivity index (χ1) is 30.3. The number of hydrogen-bond acceptors (Lipinski definition) is 1. The van der Waals surface area contributed by atoms with Crippen molar-refractivity contribution < 1.29 is 0 Å². The maximum Gasteiger partial charge on any atom is 0.0547 e. The summed E-state index contributed by atoms with van der Waals surface area (Å²) in [5.74, 6) is 0. The molecule has 0 bridgehead atoms. The first-order valence-corrected chi connectivity index (χ1v) is 21.9. The smallest absolute Gasteiger partial charge is 0.0547 e. The highest BCUT2D eigenvalue weighted by Gasteiger charge is 2.39. The van der Waals surface area contributed by atoms with E-state index < -0.39 is 0 Å². The van der Waals surface area contributed by atoms with E-state index >= 15 is 0 Å². The van der Waals surface area contributed by atoms with Gasteiger partial charge >= 0.3 is 0 Å². The number of nitrogens with zero attached hydrogens (tertiary/aromatic N) is 2. The number of anilines is 3. The molecule has 0 spiro atoms. The van der Waals surface area contributed by atoms with Crippen LogP contribution in [0, 0.1) is 0 Å². The van der Waals surface area contributed by atoms with E-state index in [9.17, 15) is 0 Å². The highest BCUT2D eigenvalue weighted by atomic mass is 15.1. The molecule has 0 aliphatic heterocycles. The Kier molecular flexibility index (Phi) is 7.96. The number of para-hydroxylation sites is 3. The lowest BCUT2D eigenvalue weighted by Gasteiger charge is -2.31. The van der Waals surface area contributed by atoms with Crippen LogP contribution in [-0.2, 0) is 10.8 Å². The third-order valence-electron chi connectivity index (χ3n) is 14.0. The van der Waals surface area contributed by atoms with E-state index in [-0.39, 0.29) is 10.8 Å². The monoisotopic (exact) mass is 794 g/mol. The van der Waals surface area contributed by atoms with Gasteiger partial charge in [-0.3, -0.25) is 0 Å². The van der Waals surface area contributed by atoms with Crippen LogP contribution >= 0.6 is 0 Å². The van der Waals surface area contributed by atoms with Crippen molar-refractivity contribution in [2.24, 2.45) is 0 Å². The van der Waals surface area contributed by atoms with Crippen LogP contribution in [0.4, 0.5) is 17.1 Å². The zero-order valence-corrected chi connectivity index (χ0v) is 35.5. The largest absolute Gasteiger partial charge is 0.309 e. The maximum absolute atomic E-state index is 2.54. The summed E-state index contributed by atoms with van der Waals surface area (Å²) in [6.07, 6.45) is 0. The van der Waals surface area contributed by atoms with Crippen molar-refractivity contribution in [2.45, 2.75) is 38.5 Å². The van der Waals surface area contributed by atoms with Crippen molar-refractivity contribution in [1.29, 1.82) is 0 Å². The fourth-order valence-corrected chi connectivity index (χ4v) is 11.0. The van der Waals surface area contributed by atoms with Crippen molar-refractivity contribution in [3.05, 3.63) is 229 Å². The third kappa shape index (κ3) is 5.23. The second-order valence-corrected chi connectivity index (χ2v) is 18.1. The molecule has 0 fully saturated rings. The van der Waals surface area contributed by atoms with Gasteiger partial charge in [0.05, 0.1) is 22.4 Å². The summed E-state index contributed by atoms with van der Waals surface area (Å²) in [7, 11) is 0. The van der Waals surface area contributed by atoms with Gasteiger partial charge in [0.1, 0.15) is 0 Å². The van der Waals surface area contributed by atoms with Crippen LogP contribution in [0.25, 0.3) is 72.0 Å². The van der Waals surface area contributed by atoms with Gasteiger partial charge in [-0.1, -0.05) is 185 Å². The van der Waals surface area contributed by atoms with Gasteiger partial charge in [-0.2, -0.15) is 0 Å². The number of fused-ring (bicyclic) bond motifs is 9. The summed E-state index contributed by atoms with van der Waals surface area (Å²) >= 11 is 0. The van der Waals surface area contributed by atoms with Gasteiger partial charge in [-0.25, -0.2) is 0 Å². The Balaban J connectivity index is 1.10. The molecule has 0 saturated heterocycles. The normalized spacial score (nSPS) is 14.1. The van der Waals surface area contributed by atoms with Gasteiger partial charge in [0.15, 0.2) is 0 Å². The highest BCUT2D eigenvalue weighted by Crippen LogP contribution is 2.57. The minimum absolute atomic E-state index is 0.103. The van der Waals surface area contributed by atoms with E-state index in [4.69, 9.17) is 0 Å². The zero-order valence-electron chi connectivity index (χ0n) is 35.5. The molecule has 0 unspecified atom stereocenters. The Morgan fingerprint density at radius 3 is 1.66 bits per heavy atom. The van der Waals surface area contributed by atoms with Crippen LogP contribution in [0.3, 0.4) is 0 Å². The standard InChI is InChI=1S/C60H46N2/c1-59(2)49-28-12-8-25-47(49)57-46(27-17-30-51(57)59)44-24-11-15-33-54(44)62(55-34-18-31-52-58(55)48-26-9-13-29-50(48)60(52,3)4)42-22-16-19-39(37-42)40-35-36-45-43-23-10-14-32-53(43)61(56(45)38-40)41-20-6-5-7-21-41/h5-38H,1-4H3. The average Bonchev–Trinajstić information content (AvgIpc) is 3.87. The van der Waals surface area contributed by atoms with E-state index in [1.165, 1.54) is 94.3 Å². The minimum atomic E-state index is -0.142. The molecule has 0 atom stereocenters. The Morgan fingerprint density at radius 1 is 0.355 bits per heavy atom. The molecule has 2 aliphatic rings. The minimum Gasteiger partial charge on any atom is -0.309 e. The predicted octanol–water partition coefficient (Wildman–Crippen LogP) is 16.2. The number of aromatic nitrogens is 1. The quantitative estimate of drug-likeness (QED) is 0.163. The first kappa shape index (κ1) is 36.4. The number of rotatable bonds is 6. The van der Waals surface area contributed by atoms with Gasteiger partial charge in [-0.15, -0.1) is 0 Å². The lowest BCUT2D eigenvalue weighted by atomic mass is 9.82. The van der Waals surface area contributed by atoms with E-state index in [2.05, 4.69) is 243 Å². The van der Waals surface area contributed by atoms with Gasteiger partial charge in [0.2, 0.25) is 0 Å². The van der Waals surface area contributed by atoms with Gasteiger partial charge in [-0.05, 0) is 104 Å². The van der Waals surface area contributed by atoms with E-state index in [1.807, 2.05) is 0 Å². The molecule has 0 N–H and O–H groups in total. The lowest BCUT2D eigenvalue weighted by molar-refractivity contribution is 0.660. The summed E-state index contributed by atoms with van der Waals surface area (Å²) in [4.78, 5) is 2.54. The Labute approximate surface area is 364 Å². The third-order valence-corrected chi connectivity index (χ3v) is 14.0. The fraction of sp³-hybridized carbons (Fsp3) is 0.100. The Hall–Kier alpha value is -7.42. The Bertz CT molecular complexity index is 3420. The van der Waals surface area contributed by atoms with Crippen LogP contribution in [-0.4, -0.2) is 4.57 Å². The predicted molar refractivity (Wildman–Crippen MR) is 261 cm³/mol. The van der Waals surface area contributed by atoms with Gasteiger partial charge < -0.3 is 9.47 Å². The SMILES string of the molecule is CC1(C)c2ccccc2-c2c(-c3ccccc3N(c3cccc(-c4ccc5c6ccccc6n(-c6ccccc6)c5c4)c3)c3cccc4c3-c3ccccc3C4(C)C)cccc21. The molecule has 12 rings (SSSR count). The summed E-state index contributed by atoms with van der Waals surface area (Å²) in [5, 5.41) is 2.51. The summed E-state index contributed by atoms with van der Waals surface area (Å²) < 4.78 is 2.41. The van der Waals surface area contributed by atoms with Crippen molar-refractivity contribution in [2.75, 3.05) is 4.90 Å². The molecule has 0 saturated carbocycles. The second-order valence-electron chi connectivity index (χ2n) is 18.1. The lowest BCUT2D eigenvalue weighted by Crippen LogP contribution is -2.16. The maximum atomic E-state index is 2.54. The van der Waals surface area contributed by atoms with E-state index in [1.54, 1.807) is 0 Å². The van der Waals surface area contributed by atoms with Crippen LogP contribution in [0.15, 0.2) is 206 Å². The molecule has 2 nitrogen and oxygen atoms in total.